The zero-order chi connectivity index (χ0) is 15.4. The van der Waals surface area contributed by atoms with Gasteiger partial charge in [-0.15, -0.1) is 0 Å². The topological polar surface area (TPSA) is 96.3 Å². The fourth-order valence-electron chi connectivity index (χ4n) is 2.12. The van der Waals surface area contributed by atoms with Gasteiger partial charge in [0.1, 0.15) is 15.4 Å². The minimum absolute atomic E-state index is 0.0498. The monoisotopic (exact) mass is 302 g/mol. The standard InChI is InChI=1S/C13H22N2O4S/c1-13(2,3)19-12(16)15-9-11-5-7-20(17,18)6-4-10(11)8-14/h10-11H,4-7,9H2,1-3H3,(H,15,16)/t10-,11-/m0/s1. The van der Waals surface area contributed by atoms with Crippen LogP contribution in [0, 0.1) is 23.2 Å². The van der Waals surface area contributed by atoms with Gasteiger partial charge in [0.05, 0.1) is 23.5 Å². The fourth-order valence-corrected chi connectivity index (χ4v) is 3.60. The molecule has 0 aromatic carbocycles. The lowest BCUT2D eigenvalue weighted by atomic mass is 9.89. The van der Waals surface area contributed by atoms with E-state index in [1.165, 1.54) is 0 Å². The highest BCUT2D eigenvalue weighted by Gasteiger charge is 2.30. The van der Waals surface area contributed by atoms with E-state index in [1.807, 2.05) is 0 Å². The molecule has 7 heteroatoms. The van der Waals surface area contributed by atoms with Gasteiger partial charge in [-0.25, -0.2) is 13.2 Å². The van der Waals surface area contributed by atoms with Gasteiger partial charge in [-0.05, 0) is 39.5 Å². The highest BCUT2D eigenvalue weighted by atomic mass is 32.2. The number of nitrogens with one attached hydrogen (secondary N) is 1. The van der Waals surface area contributed by atoms with Crippen molar-refractivity contribution >= 4 is 15.9 Å². The second-order valence-electron chi connectivity index (χ2n) is 6.11. The maximum atomic E-state index is 11.6. The second kappa shape index (κ2) is 6.44. The number of sulfone groups is 1. The van der Waals surface area contributed by atoms with Gasteiger partial charge in [-0.2, -0.15) is 5.26 Å². The molecule has 0 radical (unpaired) electrons. The molecule has 0 unspecified atom stereocenters. The summed E-state index contributed by atoms with van der Waals surface area (Å²) >= 11 is 0. The minimum atomic E-state index is -3.06. The maximum Gasteiger partial charge on any atom is 0.407 e. The fraction of sp³-hybridized carbons (Fsp3) is 0.846. The zero-order valence-corrected chi connectivity index (χ0v) is 13.0. The summed E-state index contributed by atoms with van der Waals surface area (Å²) in [7, 11) is -3.06. The summed E-state index contributed by atoms with van der Waals surface area (Å²) in [6.45, 7) is 5.57. The number of hydrogen-bond donors (Lipinski definition) is 1. The Morgan fingerprint density at radius 1 is 1.35 bits per heavy atom. The molecule has 1 heterocycles. The van der Waals surface area contributed by atoms with Crippen LogP contribution in [0.4, 0.5) is 4.79 Å². The van der Waals surface area contributed by atoms with E-state index in [9.17, 15) is 13.2 Å². The molecule has 0 spiro atoms. The molecule has 6 nitrogen and oxygen atoms in total. The van der Waals surface area contributed by atoms with E-state index < -0.39 is 21.5 Å². The molecule has 1 aliphatic rings. The van der Waals surface area contributed by atoms with Crippen LogP contribution >= 0.6 is 0 Å². The van der Waals surface area contributed by atoms with Crippen LogP contribution in [-0.2, 0) is 14.6 Å². The molecule has 1 aliphatic heterocycles. The highest BCUT2D eigenvalue weighted by Crippen LogP contribution is 2.24. The third-order valence-corrected chi connectivity index (χ3v) is 4.90. The minimum Gasteiger partial charge on any atom is -0.444 e. The van der Waals surface area contributed by atoms with Crippen LogP contribution in [-0.4, -0.2) is 38.2 Å². The summed E-state index contributed by atoms with van der Waals surface area (Å²) in [6.07, 6.45) is 0.192. The maximum absolute atomic E-state index is 11.6. The number of rotatable bonds is 2. The molecule has 20 heavy (non-hydrogen) atoms. The largest absolute Gasteiger partial charge is 0.444 e. The number of amides is 1. The summed E-state index contributed by atoms with van der Waals surface area (Å²) in [6, 6.07) is 2.15. The smallest absolute Gasteiger partial charge is 0.407 e. The number of ether oxygens (including phenoxy) is 1. The zero-order valence-electron chi connectivity index (χ0n) is 12.2. The van der Waals surface area contributed by atoms with Gasteiger partial charge in [0, 0.05) is 6.54 Å². The van der Waals surface area contributed by atoms with Gasteiger partial charge in [0.15, 0.2) is 0 Å². The number of carbonyl (C=O) groups excluding carboxylic acids is 1. The Kier molecular flexibility index (Phi) is 5.40. The average molecular weight is 302 g/mol. The van der Waals surface area contributed by atoms with Gasteiger partial charge in [0.25, 0.3) is 0 Å². The van der Waals surface area contributed by atoms with Crippen LogP contribution < -0.4 is 5.32 Å². The first-order valence-electron chi connectivity index (χ1n) is 6.70. The van der Waals surface area contributed by atoms with Crippen molar-refractivity contribution in [3.63, 3.8) is 0 Å². The normalized spacial score (nSPS) is 26.1. The van der Waals surface area contributed by atoms with Crippen molar-refractivity contribution in [2.75, 3.05) is 18.1 Å². The molecule has 0 bridgehead atoms. The highest BCUT2D eigenvalue weighted by molar-refractivity contribution is 7.91. The molecular formula is C13H22N2O4S. The van der Waals surface area contributed by atoms with Crippen LogP contribution in [0.3, 0.4) is 0 Å². The van der Waals surface area contributed by atoms with Crippen molar-refractivity contribution in [2.24, 2.45) is 11.8 Å². The van der Waals surface area contributed by atoms with Gasteiger partial charge in [0.2, 0.25) is 0 Å². The van der Waals surface area contributed by atoms with Crippen molar-refractivity contribution in [1.29, 1.82) is 5.26 Å². The Bertz CT molecular complexity index is 487. The molecule has 114 valence electrons. The first-order valence-corrected chi connectivity index (χ1v) is 8.52. The lowest BCUT2D eigenvalue weighted by molar-refractivity contribution is 0.0515. The molecular weight excluding hydrogens is 280 g/mol. The Labute approximate surface area is 120 Å². The van der Waals surface area contributed by atoms with Crippen molar-refractivity contribution < 1.29 is 17.9 Å². The average Bonchev–Trinajstić information content (AvgIpc) is 2.43. The Morgan fingerprint density at radius 2 is 1.95 bits per heavy atom. The molecule has 0 aromatic rings. The molecule has 0 aromatic heterocycles. The third kappa shape index (κ3) is 5.78. The quantitative estimate of drug-likeness (QED) is 0.833. The summed E-state index contributed by atoms with van der Waals surface area (Å²) in [5.74, 6) is -0.369. The molecule has 1 fully saturated rings. The Morgan fingerprint density at radius 3 is 2.50 bits per heavy atom. The van der Waals surface area contributed by atoms with Gasteiger partial charge >= 0.3 is 6.09 Å². The van der Waals surface area contributed by atoms with Crippen LogP contribution in [0.5, 0.6) is 0 Å². The van der Waals surface area contributed by atoms with Crippen LogP contribution in [0.15, 0.2) is 0 Å². The number of alkyl carbamates (subject to hydrolysis) is 1. The predicted molar refractivity (Wildman–Crippen MR) is 74.7 cm³/mol. The van der Waals surface area contributed by atoms with Gasteiger partial charge in [-0.3, -0.25) is 0 Å². The SMILES string of the molecule is CC(C)(C)OC(=O)NC[C@@H]1CCS(=O)(=O)CC[C@H]1C#N. The second-order valence-corrected chi connectivity index (χ2v) is 8.41. The molecule has 1 rings (SSSR count). The molecule has 0 aliphatic carbocycles. The Hall–Kier alpha value is -1.29. The molecule has 1 amide bonds. The van der Waals surface area contributed by atoms with Crippen molar-refractivity contribution in [3.05, 3.63) is 0 Å². The van der Waals surface area contributed by atoms with E-state index in [0.717, 1.165) is 0 Å². The van der Waals surface area contributed by atoms with Crippen LogP contribution in [0.2, 0.25) is 0 Å². The molecule has 1 saturated heterocycles. The van der Waals surface area contributed by atoms with E-state index in [1.54, 1.807) is 20.8 Å². The number of hydrogen-bond acceptors (Lipinski definition) is 5. The van der Waals surface area contributed by atoms with E-state index in [-0.39, 0.29) is 29.9 Å². The van der Waals surface area contributed by atoms with E-state index >= 15 is 0 Å². The van der Waals surface area contributed by atoms with Crippen molar-refractivity contribution in [2.45, 2.75) is 39.2 Å². The number of nitrogens with zero attached hydrogens (tertiary/aromatic N) is 1. The predicted octanol–water partition coefficient (Wildman–Crippen LogP) is 1.48. The third-order valence-electron chi connectivity index (χ3n) is 3.18. The summed E-state index contributed by atoms with van der Waals surface area (Å²) < 4.78 is 28.3. The number of carbonyl (C=O) groups is 1. The lowest BCUT2D eigenvalue weighted by Gasteiger charge is -2.22. The molecule has 1 N–H and O–H groups in total. The summed E-state index contributed by atoms with van der Waals surface area (Å²) in [4.78, 5) is 11.6. The first-order chi connectivity index (χ1) is 9.13. The van der Waals surface area contributed by atoms with E-state index in [4.69, 9.17) is 10.00 Å². The van der Waals surface area contributed by atoms with Crippen molar-refractivity contribution in [3.8, 4) is 6.07 Å². The van der Waals surface area contributed by atoms with Crippen molar-refractivity contribution in [1.82, 2.24) is 5.32 Å². The number of nitriles is 1. The summed E-state index contributed by atoms with van der Waals surface area (Å²) in [5.41, 5.74) is -0.578. The van der Waals surface area contributed by atoms with Gasteiger partial charge in [-0.1, -0.05) is 0 Å². The molecule has 0 saturated carbocycles. The van der Waals surface area contributed by atoms with Crippen LogP contribution in [0.25, 0.3) is 0 Å². The first kappa shape index (κ1) is 16.8. The lowest BCUT2D eigenvalue weighted by Crippen LogP contribution is -2.36. The van der Waals surface area contributed by atoms with Crippen LogP contribution in [0.1, 0.15) is 33.6 Å². The molecule has 2 atom stereocenters. The summed E-state index contributed by atoms with van der Waals surface area (Å²) in [5, 5.41) is 11.7. The Balaban J connectivity index is 2.57. The van der Waals surface area contributed by atoms with E-state index in [2.05, 4.69) is 11.4 Å². The van der Waals surface area contributed by atoms with Gasteiger partial charge < -0.3 is 10.1 Å². The van der Waals surface area contributed by atoms with E-state index in [0.29, 0.717) is 12.8 Å².